The number of rotatable bonds is 26. The Bertz CT molecular complexity index is 2840. The highest BCUT2D eigenvalue weighted by molar-refractivity contribution is 5.66. The van der Waals surface area contributed by atoms with E-state index in [9.17, 15) is 10.3 Å². The molecule has 14 heteroatoms. The minimum Gasteiger partial charge on any atom is -0.457 e. The van der Waals surface area contributed by atoms with Gasteiger partial charge < -0.3 is 47.4 Å². The number of carbonyl (C=O) groups is 1. The van der Waals surface area contributed by atoms with Crippen LogP contribution in [0, 0.1) is 0 Å². The molecule has 2 fully saturated rings. The van der Waals surface area contributed by atoms with Crippen molar-refractivity contribution >= 4 is 5.97 Å². The summed E-state index contributed by atoms with van der Waals surface area (Å²) in [7, 11) is 0. The Hall–Kier alpha value is -7.04. The monoisotopic (exact) mass is 1040 g/mol. The van der Waals surface area contributed by atoms with Gasteiger partial charge in [-0.25, -0.2) is 0 Å². The Labute approximate surface area is 450 Å². The van der Waals surface area contributed by atoms with Crippen LogP contribution in [-0.2, 0) is 98.4 Å². The van der Waals surface area contributed by atoms with Crippen molar-refractivity contribution in [3.05, 3.63) is 262 Å². The lowest BCUT2D eigenvalue weighted by molar-refractivity contribution is -0.339. The van der Waals surface area contributed by atoms with Crippen molar-refractivity contribution in [2.45, 2.75) is 120 Å². The van der Waals surface area contributed by atoms with Gasteiger partial charge in [0.25, 0.3) is 0 Å². The molecule has 0 aromatic heterocycles. The Morgan fingerprint density at radius 3 is 1.05 bits per heavy atom. The molecule has 7 aromatic carbocycles. The van der Waals surface area contributed by atoms with Crippen molar-refractivity contribution in [2.75, 3.05) is 6.61 Å². The summed E-state index contributed by atoms with van der Waals surface area (Å²) in [5.74, 6) is -0.606. The second kappa shape index (κ2) is 28.9. The van der Waals surface area contributed by atoms with Crippen molar-refractivity contribution in [3.8, 4) is 0 Å². The fourth-order valence-electron chi connectivity index (χ4n) is 9.70. The van der Waals surface area contributed by atoms with Gasteiger partial charge in [0.2, 0.25) is 0 Å². The minimum atomic E-state index is -1.38. The van der Waals surface area contributed by atoms with Crippen molar-refractivity contribution in [1.82, 2.24) is 0 Å². The Balaban J connectivity index is 1.15. The van der Waals surface area contributed by atoms with Gasteiger partial charge >= 0.3 is 5.97 Å². The molecule has 11 atom stereocenters. The number of benzene rings is 7. The van der Waals surface area contributed by atoms with E-state index in [1.165, 1.54) is 6.92 Å². The fourth-order valence-corrected chi connectivity index (χ4v) is 9.70. The zero-order valence-electron chi connectivity index (χ0n) is 43.0. The molecule has 0 spiro atoms. The van der Waals surface area contributed by atoms with Gasteiger partial charge in [-0.15, -0.1) is 0 Å². The Morgan fingerprint density at radius 1 is 0.416 bits per heavy atom. The topological polar surface area (TPSA) is 158 Å². The van der Waals surface area contributed by atoms with Crippen molar-refractivity contribution < 1.29 is 52.2 Å². The van der Waals surface area contributed by atoms with Crippen LogP contribution in [0.2, 0.25) is 0 Å². The van der Waals surface area contributed by atoms with E-state index < -0.39 is 73.2 Å². The average molecular weight is 1040 g/mol. The molecule has 398 valence electrons. The van der Waals surface area contributed by atoms with Gasteiger partial charge in [0.15, 0.2) is 12.4 Å². The first-order valence-corrected chi connectivity index (χ1v) is 26.1. The van der Waals surface area contributed by atoms with Crippen LogP contribution in [0.4, 0.5) is 0 Å². The molecule has 9 rings (SSSR count). The summed E-state index contributed by atoms with van der Waals surface area (Å²) in [6, 6.07) is 67.1. The number of carbonyl (C=O) groups excluding carboxylic acids is 1. The number of azide groups is 1. The molecule has 0 bridgehead atoms. The van der Waals surface area contributed by atoms with Gasteiger partial charge in [-0.2, -0.15) is 0 Å². The molecule has 14 nitrogen and oxygen atoms in total. The van der Waals surface area contributed by atoms with E-state index in [1.54, 1.807) is 0 Å². The molecule has 0 unspecified atom stereocenters. The van der Waals surface area contributed by atoms with Crippen molar-refractivity contribution in [3.63, 3.8) is 0 Å². The third kappa shape index (κ3) is 15.8. The highest BCUT2D eigenvalue weighted by atomic mass is 16.7. The molecule has 1 aliphatic heterocycles. The summed E-state index contributed by atoms with van der Waals surface area (Å²) < 4.78 is 69.2. The second-order valence-electron chi connectivity index (χ2n) is 19.0. The first-order valence-electron chi connectivity index (χ1n) is 26.1. The normalized spacial score (nSPS) is 24.1. The van der Waals surface area contributed by atoms with E-state index in [1.807, 2.05) is 212 Å². The third-order valence-corrected chi connectivity index (χ3v) is 13.4. The van der Waals surface area contributed by atoms with Crippen molar-refractivity contribution in [2.24, 2.45) is 5.11 Å². The largest absolute Gasteiger partial charge is 0.457 e. The molecular formula is C63H65N3O11. The molecule has 1 aliphatic carbocycles. The van der Waals surface area contributed by atoms with Gasteiger partial charge in [0.05, 0.1) is 52.9 Å². The number of hydrogen-bond donors (Lipinski definition) is 0. The SMILES string of the molecule is CC(=O)O[C@@H]1[C@@H](OCc2ccccc2)[C@H](OCc2ccccc2)[C@H](OCc2ccccc2)[C@@H](OCc2ccccc2)[C@H]1O[C@H]1O[C@H](COCc2ccccc2)[C@H](OCc2ccccc2)[C@H](OCc2ccccc2)[C@H]1N=[N+]=[N-]. The first-order chi connectivity index (χ1) is 38.0. The number of ether oxygens (including phenoxy) is 10. The molecule has 1 saturated carbocycles. The van der Waals surface area contributed by atoms with Crippen LogP contribution in [0.25, 0.3) is 10.4 Å². The number of esters is 1. The molecule has 1 heterocycles. The van der Waals surface area contributed by atoms with Crippen LogP contribution in [0.15, 0.2) is 217 Å². The third-order valence-electron chi connectivity index (χ3n) is 13.4. The zero-order chi connectivity index (χ0) is 52.9. The lowest BCUT2D eigenvalue weighted by atomic mass is 9.83. The van der Waals surface area contributed by atoms with E-state index >= 15 is 0 Å². The number of nitrogens with zero attached hydrogens (tertiary/aromatic N) is 3. The maximum absolute atomic E-state index is 13.7. The smallest absolute Gasteiger partial charge is 0.303 e. The summed E-state index contributed by atoms with van der Waals surface area (Å²) in [6.07, 6.45) is -10.5. The first kappa shape index (κ1) is 54.7. The van der Waals surface area contributed by atoms with E-state index in [0.717, 1.165) is 38.9 Å². The molecule has 1 saturated heterocycles. The maximum atomic E-state index is 13.7. The summed E-state index contributed by atoms with van der Waals surface area (Å²) >= 11 is 0. The van der Waals surface area contributed by atoms with Crippen LogP contribution in [0.5, 0.6) is 0 Å². The molecular weight excluding hydrogens is 975 g/mol. The average Bonchev–Trinajstić information content (AvgIpc) is 3.48. The van der Waals surface area contributed by atoms with Crippen LogP contribution in [0.3, 0.4) is 0 Å². The standard InChI is InChI=1S/C63H65N3O11/c1-45(67)75-61-59(73-42-51-33-19-7-20-34-51)57(71-40-49-29-15-5-16-30-49)58(72-41-50-31-17-6-18-32-50)60(74-43-52-35-21-8-22-36-52)62(61)77-63-54(65-66-64)56(70-39-48-27-13-4-14-28-48)55(69-38-47-25-11-3-12-26-47)53(76-63)44-68-37-46-23-9-2-10-24-46/h2-36,53-63H,37-44H2,1H3/t53-,54-,55+,56-,57-,58+,59+,60-,61-,62-,63-/m1/s1. The fraction of sp³-hybridized carbons (Fsp3) is 0.317. The predicted octanol–water partition coefficient (Wildman–Crippen LogP) is 11.4. The van der Waals surface area contributed by atoms with Crippen LogP contribution < -0.4 is 0 Å². The predicted molar refractivity (Wildman–Crippen MR) is 288 cm³/mol. The van der Waals surface area contributed by atoms with E-state index in [-0.39, 0.29) is 52.9 Å². The minimum absolute atomic E-state index is 0.0232. The van der Waals surface area contributed by atoms with Gasteiger partial charge in [0, 0.05) is 11.8 Å². The van der Waals surface area contributed by atoms with Crippen LogP contribution >= 0.6 is 0 Å². The van der Waals surface area contributed by atoms with Gasteiger partial charge in [-0.05, 0) is 44.5 Å². The van der Waals surface area contributed by atoms with Crippen LogP contribution in [-0.4, -0.2) is 79.8 Å². The molecule has 0 radical (unpaired) electrons. The summed E-state index contributed by atoms with van der Waals surface area (Å²) in [6.45, 7) is 2.46. The lowest BCUT2D eigenvalue weighted by Gasteiger charge is -2.51. The summed E-state index contributed by atoms with van der Waals surface area (Å²) in [4.78, 5) is 17.1. The number of hydrogen-bond acceptors (Lipinski definition) is 12. The van der Waals surface area contributed by atoms with Gasteiger partial charge in [-0.1, -0.05) is 217 Å². The highest BCUT2D eigenvalue weighted by Gasteiger charge is 2.58. The molecule has 0 amide bonds. The molecule has 0 N–H and O–H groups in total. The van der Waals surface area contributed by atoms with E-state index in [0.29, 0.717) is 0 Å². The Kier molecular flexibility index (Phi) is 20.6. The molecule has 7 aromatic rings. The maximum Gasteiger partial charge on any atom is 0.303 e. The second-order valence-corrected chi connectivity index (χ2v) is 19.0. The van der Waals surface area contributed by atoms with Crippen LogP contribution in [0.1, 0.15) is 45.9 Å². The van der Waals surface area contributed by atoms with E-state index in [2.05, 4.69) is 10.0 Å². The lowest BCUT2D eigenvalue weighted by Crippen LogP contribution is -2.69. The Morgan fingerprint density at radius 2 is 0.714 bits per heavy atom. The van der Waals surface area contributed by atoms with E-state index in [4.69, 9.17) is 47.4 Å². The van der Waals surface area contributed by atoms with Gasteiger partial charge in [-0.3, -0.25) is 4.79 Å². The summed E-state index contributed by atoms with van der Waals surface area (Å²) in [5, 5.41) is 4.41. The highest BCUT2D eigenvalue weighted by Crippen LogP contribution is 2.39. The van der Waals surface area contributed by atoms with Gasteiger partial charge in [0.1, 0.15) is 54.9 Å². The zero-order valence-corrected chi connectivity index (χ0v) is 43.0. The summed E-state index contributed by atoms with van der Waals surface area (Å²) in [5.41, 5.74) is 16.8. The molecule has 2 aliphatic rings. The van der Waals surface area contributed by atoms with Crippen molar-refractivity contribution in [1.29, 1.82) is 0 Å². The molecule has 77 heavy (non-hydrogen) atoms. The quantitative estimate of drug-likeness (QED) is 0.0220.